The highest BCUT2D eigenvalue weighted by Crippen LogP contribution is 2.11. The van der Waals surface area contributed by atoms with E-state index in [1.165, 1.54) is 11.1 Å². The summed E-state index contributed by atoms with van der Waals surface area (Å²) < 4.78 is 0. The number of amides is 1. The van der Waals surface area contributed by atoms with Crippen molar-refractivity contribution in [3.05, 3.63) is 65.0 Å². The van der Waals surface area contributed by atoms with Crippen LogP contribution in [0.3, 0.4) is 0 Å². The van der Waals surface area contributed by atoms with Crippen molar-refractivity contribution in [2.45, 2.75) is 26.7 Å². The minimum Gasteiger partial charge on any atom is -0.355 e. The molecule has 0 fully saturated rings. The van der Waals surface area contributed by atoms with Crippen LogP contribution in [0.5, 0.6) is 0 Å². The zero-order chi connectivity index (χ0) is 16.2. The second kappa shape index (κ2) is 6.65. The molecule has 1 aromatic heterocycles. The van der Waals surface area contributed by atoms with Crippen LogP contribution in [0.1, 0.15) is 22.5 Å². The topological polar surface area (TPSA) is 57.8 Å². The Morgan fingerprint density at radius 1 is 1.13 bits per heavy atom. The number of carbonyl (C=O) groups is 1. The van der Waals surface area contributed by atoms with Gasteiger partial charge in [-0.15, -0.1) is 0 Å². The van der Waals surface area contributed by atoms with Gasteiger partial charge >= 0.3 is 0 Å². The molecule has 0 spiro atoms. The van der Waals surface area contributed by atoms with Crippen LogP contribution in [0.2, 0.25) is 0 Å². The quantitative estimate of drug-likeness (QED) is 0.761. The second-order valence-corrected chi connectivity index (χ2v) is 5.90. The molecule has 118 valence electrons. The van der Waals surface area contributed by atoms with Crippen LogP contribution in [0.25, 0.3) is 11.0 Å². The van der Waals surface area contributed by atoms with Gasteiger partial charge < -0.3 is 10.3 Å². The van der Waals surface area contributed by atoms with Gasteiger partial charge in [0.15, 0.2) is 0 Å². The van der Waals surface area contributed by atoms with Crippen LogP contribution in [0.4, 0.5) is 0 Å². The lowest BCUT2D eigenvalue weighted by atomic mass is 10.0. The van der Waals surface area contributed by atoms with Crippen LogP contribution in [-0.2, 0) is 17.6 Å². The van der Waals surface area contributed by atoms with E-state index < -0.39 is 0 Å². The molecule has 2 N–H and O–H groups in total. The summed E-state index contributed by atoms with van der Waals surface area (Å²) in [6, 6.07) is 14.1. The number of nitrogens with zero attached hydrogens (tertiary/aromatic N) is 1. The first kappa shape index (κ1) is 15.3. The van der Waals surface area contributed by atoms with Gasteiger partial charge in [-0.25, -0.2) is 4.98 Å². The normalized spacial score (nSPS) is 10.9. The Morgan fingerprint density at radius 2 is 1.96 bits per heavy atom. The highest BCUT2D eigenvalue weighted by molar-refractivity contribution is 5.78. The molecule has 1 heterocycles. The molecule has 0 radical (unpaired) electrons. The van der Waals surface area contributed by atoms with Crippen LogP contribution >= 0.6 is 0 Å². The molecule has 0 aliphatic rings. The molecule has 0 aliphatic carbocycles. The SMILES string of the molecule is Cc1ccc(CC(=O)NCCc2nc3ccccc3[nH]2)cc1C. The second-order valence-electron chi connectivity index (χ2n) is 5.90. The molecule has 23 heavy (non-hydrogen) atoms. The molecule has 3 aromatic rings. The van der Waals surface area contributed by atoms with Crippen molar-refractivity contribution in [3.63, 3.8) is 0 Å². The Morgan fingerprint density at radius 3 is 2.74 bits per heavy atom. The van der Waals surface area contributed by atoms with Crippen LogP contribution in [0, 0.1) is 13.8 Å². The van der Waals surface area contributed by atoms with Crippen molar-refractivity contribution < 1.29 is 4.79 Å². The summed E-state index contributed by atoms with van der Waals surface area (Å²) in [5, 5.41) is 2.96. The van der Waals surface area contributed by atoms with Gasteiger partial charge in [-0.3, -0.25) is 4.79 Å². The maximum atomic E-state index is 12.0. The van der Waals surface area contributed by atoms with E-state index in [0.29, 0.717) is 19.4 Å². The summed E-state index contributed by atoms with van der Waals surface area (Å²) in [4.78, 5) is 19.8. The zero-order valence-electron chi connectivity index (χ0n) is 13.5. The lowest BCUT2D eigenvalue weighted by Gasteiger charge is -2.06. The number of para-hydroxylation sites is 2. The van der Waals surface area contributed by atoms with Gasteiger partial charge in [0.2, 0.25) is 5.91 Å². The molecule has 0 atom stereocenters. The Hall–Kier alpha value is -2.62. The molecule has 4 nitrogen and oxygen atoms in total. The molecule has 3 rings (SSSR count). The number of aromatic nitrogens is 2. The zero-order valence-corrected chi connectivity index (χ0v) is 13.5. The molecule has 0 bridgehead atoms. The van der Waals surface area contributed by atoms with E-state index in [-0.39, 0.29) is 5.91 Å². The summed E-state index contributed by atoms with van der Waals surface area (Å²) in [5.74, 6) is 0.946. The third-order valence-electron chi connectivity index (χ3n) is 4.06. The van der Waals surface area contributed by atoms with Crippen LogP contribution < -0.4 is 5.32 Å². The summed E-state index contributed by atoms with van der Waals surface area (Å²) in [6.07, 6.45) is 1.12. The average molecular weight is 307 g/mol. The van der Waals surface area contributed by atoms with Crippen molar-refractivity contribution in [2.75, 3.05) is 6.54 Å². The van der Waals surface area contributed by atoms with E-state index in [1.807, 2.05) is 30.3 Å². The maximum absolute atomic E-state index is 12.0. The van der Waals surface area contributed by atoms with Gasteiger partial charge in [0.05, 0.1) is 17.5 Å². The van der Waals surface area contributed by atoms with Crippen molar-refractivity contribution in [2.24, 2.45) is 0 Å². The smallest absolute Gasteiger partial charge is 0.224 e. The van der Waals surface area contributed by atoms with Gasteiger partial charge in [0, 0.05) is 13.0 Å². The van der Waals surface area contributed by atoms with Crippen molar-refractivity contribution in [3.8, 4) is 0 Å². The number of carbonyl (C=O) groups excluding carboxylic acids is 1. The minimum absolute atomic E-state index is 0.0457. The summed E-state index contributed by atoms with van der Waals surface area (Å²) in [7, 11) is 0. The van der Waals surface area contributed by atoms with Gasteiger partial charge in [0.1, 0.15) is 5.82 Å². The molecule has 2 aromatic carbocycles. The van der Waals surface area contributed by atoms with Crippen LogP contribution in [0.15, 0.2) is 42.5 Å². The van der Waals surface area contributed by atoms with E-state index in [9.17, 15) is 4.79 Å². The molecule has 0 aliphatic heterocycles. The van der Waals surface area contributed by atoms with Gasteiger partial charge in [-0.05, 0) is 42.7 Å². The first-order valence-electron chi connectivity index (χ1n) is 7.88. The van der Waals surface area contributed by atoms with Crippen LogP contribution in [-0.4, -0.2) is 22.4 Å². The fourth-order valence-electron chi connectivity index (χ4n) is 2.61. The number of benzene rings is 2. The number of H-pyrrole nitrogens is 1. The summed E-state index contributed by atoms with van der Waals surface area (Å²) in [5.41, 5.74) is 5.51. The van der Waals surface area contributed by atoms with E-state index in [0.717, 1.165) is 22.4 Å². The highest BCUT2D eigenvalue weighted by atomic mass is 16.1. The fourth-order valence-corrected chi connectivity index (χ4v) is 2.61. The molecular formula is C19H21N3O. The highest BCUT2D eigenvalue weighted by Gasteiger charge is 2.06. The monoisotopic (exact) mass is 307 g/mol. The van der Waals surface area contributed by atoms with Gasteiger partial charge in [-0.2, -0.15) is 0 Å². The van der Waals surface area contributed by atoms with Crippen molar-refractivity contribution >= 4 is 16.9 Å². The predicted octanol–water partition coefficient (Wildman–Crippen LogP) is 3.08. The van der Waals surface area contributed by atoms with Gasteiger partial charge in [-0.1, -0.05) is 30.3 Å². The number of hydrogen-bond donors (Lipinski definition) is 2. The number of aryl methyl sites for hydroxylation is 2. The first-order chi connectivity index (χ1) is 11.1. The fraction of sp³-hybridized carbons (Fsp3) is 0.263. The number of nitrogens with one attached hydrogen (secondary N) is 2. The third kappa shape index (κ3) is 3.77. The van der Waals surface area contributed by atoms with Crippen molar-refractivity contribution in [1.29, 1.82) is 0 Å². The largest absolute Gasteiger partial charge is 0.355 e. The number of fused-ring (bicyclic) bond motifs is 1. The molecule has 0 unspecified atom stereocenters. The minimum atomic E-state index is 0.0457. The number of rotatable bonds is 5. The van der Waals surface area contributed by atoms with E-state index in [2.05, 4.69) is 41.3 Å². The average Bonchev–Trinajstić information content (AvgIpc) is 2.93. The molecular weight excluding hydrogens is 286 g/mol. The predicted molar refractivity (Wildman–Crippen MR) is 92.4 cm³/mol. The Labute approximate surface area is 136 Å². The van der Waals surface area contributed by atoms with Gasteiger partial charge in [0.25, 0.3) is 0 Å². The Kier molecular flexibility index (Phi) is 4.42. The molecule has 0 saturated heterocycles. The molecule has 1 amide bonds. The van der Waals surface area contributed by atoms with E-state index >= 15 is 0 Å². The molecule has 4 heteroatoms. The number of hydrogen-bond acceptors (Lipinski definition) is 2. The third-order valence-corrected chi connectivity index (χ3v) is 4.06. The van der Waals surface area contributed by atoms with E-state index in [4.69, 9.17) is 0 Å². The number of aromatic amines is 1. The lowest BCUT2D eigenvalue weighted by molar-refractivity contribution is -0.120. The summed E-state index contributed by atoms with van der Waals surface area (Å²) >= 11 is 0. The first-order valence-corrected chi connectivity index (χ1v) is 7.88. The van der Waals surface area contributed by atoms with Crippen molar-refractivity contribution in [1.82, 2.24) is 15.3 Å². The standard InChI is InChI=1S/C19H21N3O/c1-13-7-8-15(11-14(13)2)12-19(23)20-10-9-18-21-16-5-3-4-6-17(16)22-18/h3-8,11H,9-10,12H2,1-2H3,(H,20,23)(H,21,22). The summed E-state index contributed by atoms with van der Waals surface area (Å²) in [6.45, 7) is 4.73. The van der Waals surface area contributed by atoms with E-state index in [1.54, 1.807) is 0 Å². The maximum Gasteiger partial charge on any atom is 0.224 e. The number of imidazole rings is 1. The Balaban J connectivity index is 1.51. The lowest BCUT2D eigenvalue weighted by Crippen LogP contribution is -2.27. The Bertz CT molecular complexity index is 803. The molecule has 0 saturated carbocycles.